The Morgan fingerprint density at radius 1 is 1.41 bits per heavy atom. The number of primary amides is 1. The van der Waals surface area contributed by atoms with Gasteiger partial charge in [0.05, 0.1) is 5.41 Å². The predicted octanol–water partition coefficient (Wildman–Crippen LogP) is 2.16. The highest BCUT2D eigenvalue weighted by Crippen LogP contribution is 2.19. The van der Waals surface area contributed by atoms with E-state index in [1.807, 2.05) is 26.0 Å². The van der Waals surface area contributed by atoms with Gasteiger partial charge in [0.15, 0.2) is 0 Å². The maximum Gasteiger partial charge on any atom is 0.224 e. The van der Waals surface area contributed by atoms with Crippen molar-refractivity contribution >= 4 is 5.91 Å². The number of hydrogen-bond donors (Lipinski definition) is 2. The summed E-state index contributed by atoms with van der Waals surface area (Å²) in [5.74, 6) is -0.276. The molecule has 1 atom stereocenters. The first-order valence-corrected chi connectivity index (χ1v) is 5.93. The molecule has 0 saturated heterocycles. The van der Waals surface area contributed by atoms with Gasteiger partial charge in [0, 0.05) is 12.6 Å². The molecule has 0 unspecified atom stereocenters. The molecular formula is C14H22N2O. The van der Waals surface area contributed by atoms with Crippen molar-refractivity contribution in [3.05, 3.63) is 35.4 Å². The SMILES string of the molecule is Cc1ccccc1[C@H](C)NCC(C)(C)C(N)=O. The van der Waals surface area contributed by atoms with Crippen LogP contribution in [0.3, 0.4) is 0 Å². The molecular weight excluding hydrogens is 212 g/mol. The lowest BCUT2D eigenvalue weighted by atomic mass is 9.92. The molecule has 0 saturated carbocycles. The molecule has 17 heavy (non-hydrogen) atoms. The van der Waals surface area contributed by atoms with E-state index in [4.69, 9.17) is 5.73 Å². The summed E-state index contributed by atoms with van der Waals surface area (Å²) in [7, 11) is 0. The zero-order valence-corrected chi connectivity index (χ0v) is 11.1. The predicted molar refractivity (Wildman–Crippen MR) is 70.6 cm³/mol. The van der Waals surface area contributed by atoms with Crippen LogP contribution in [0.2, 0.25) is 0 Å². The highest BCUT2D eigenvalue weighted by atomic mass is 16.1. The van der Waals surface area contributed by atoms with Gasteiger partial charge < -0.3 is 11.1 Å². The van der Waals surface area contributed by atoms with Crippen LogP contribution in [-0.2, 0) is 4.79 Å². The molecule has 1 aromatic rings. The third kappa shape index (κ3) is 3.56. The Morgan fingerprint density at radius 3 is 2.53 bits per heavy atom. The van der Waals surface area contributed by atoms with Crippen LogP contribution in [0.5, 0.6) is 0 Å². The number of nitrogens with one attached hydrogen (secondary N) is 1. The molecule has 0 fully saturated rings. The minimum Gasteiger partial charge on any atom is -0.369 e. The number of aryl methyl sites for hydroxylation is 1. The summed E-state index contributed by atoms with van der Waals surface area (Å²) in [5, 5.41) is 3.36. The van der Waals surface area contributed by atoms with Gasteiger partial charge in [0.25, 0.3) is 0 Å². The molecule has 1 aromatic carbocycles. The van der Waals surface area contributed by atoms with E-state index in [0.717, 1.165) is 0 Å². The lowest BCUT2D eigenvalue weighted by Gasteiger charge is -2.24. The van der Waals surface area contributed by atoms with Gasteiger partial charge in [-0.1, -0.05) is 24.3 Å². The van der Waals surface area contributed by atoms with Crippen molar-refractivity contribution in [2.45, 2.75) is 33.7 Å². The van der Waals surface area contributed by atoms with Crippen LogP contribution in [0.25, 0.3) is 0 Å². The second kappa shape index (κ2) is 5.32. The van der Waals surface area contributed by atoms with Crippen LogP contribution in [0.1, 0.15) is 37.9 Å². The quantitative estimate of drug-likeness (QED) is 0.820. The number of rotatable bonds is 5. The van der Waals surface area contributed by atoms with Crippen molar-refractivity contribution in [1.29, 1.82) is 0 Å². The van der Waals surface area contributed by atoms with Gasteiger partial charge in [-0.15, -0.1) is 0 Å². The van der Waals surface area contributed by atoms with Crippen LogP contribution in [0, 0.1) is 12.3 Å². The average Bonchev–Trinajstić information content (AvgIpc) is 2.26. The lowest BCUT2D eigenvalue weighted by molar-refractivity contribution is -0.125. The minimum absolute atomic E-state index is 0.217. The summed E-state index contributed by atoms with van der Waals surface area (Å²) < 4.78 is 0. The summed E-state index contributed by atoms with van der Waals surface area (Å²) in [4.78, 5) is 11.2. The molecule has 0 aromatic heterocycles. The Balaban J connectivity index is 2.65. The van der Waals surface area contributed by atoms with E-state index in [1.165, 1.54) is 11.1 Å². The molecule has 94 valence electrons. The van der Waals surface area contributed by atoms with Gasteiger partial charge in [0.1, 0.15) is 0 Å². The largest absolute Gasteiger partial charge is 0.369 e. The summed E-state index contributed by atoms with van der Waals surface area (Å²) in [6.07, 6.45) is 0. The second-order valence-electron chi connectivity index (χ2n) is 5.21. The van der Waals surface area contributed by atoms with Crippen molar-refractivity contribution in [3.8, 4) is 0 Å². The van der Waals surface area contributed by atoms with Crippen molar-refractivity contribution in [1.82, 2.24) is 5.32 Å². The van der Waals surface area contributed by atoms with Crippen molar-refractivity contribution in [2.24, 2.45) is 11.1 Å². The first-order chi connectivity index (χ1) is 7.84. The zero-order valence-electron chi connectivity index (χ0n) is 11.1. The second-order valence-corrected chi connectivity index (χ2v) is 5.21. The average molecular weight is 234 g/mol. The van der Waals surface area contributed by atoms with E-state index >= 15 is 0 Å². The van der Waals surface area contributed by atoms with Crippen molar-refractivity contribution < 1.29 is 4.79 Å². The van der Waals surface area contributed by atoms with E-state index in [0.29, 0.717) is 6.54 Å². The monoisotopic (exact) mass is 234 g/mol. The number of carbonyl (C=O) groups is 1. The van der Waals surface area contributed by atoms with Crippen LogP contribution in [0.4, 0.5) is 0 Å². The highest BCUT2D eigenvalue weighted by molar-refractivity contribution is 5.80. The molecule has 0 aliphatic heterocycles. The molecule has 3 heteroatoms. The van der Waals surface area contributed by atoms with Gasteiger partial charge in [0.2, 0.25) is 5.91 Å². The Hall–Kier alpha value is -1.35. The van der Waals surface area contributed by atoms with Gasteiger partial charge in [-0.25, -0.2) is 0 Å². The number of benzene rings is 1. The van der Waals surface area contributed by atoms with Crippen LogP contribution in [-0.4, -0.2) is 12.5 Å². The fraction of sp³-hybridized carbons (Fsp3) is 0.500. The Bertz CT molecular complexity index is 399. The van der Waals surface area contributed by atoms with Crippen molar-refractivity contribution in [2.75, 3.05) is 6.54 Å². The first-order valence-electron chi connectivity index (χ1n) is 5.93. The van der Waals surface area contributed by atoms with Crippen LogP contribution in [0.15, 0.2) is 24.3 Å². The molecule has 0 radical (unpaired) electrons. The summed E-state index contributed by atoms with van der Waals surface area (Å²) >= 11 is 0. The Labute approximate surface area is 103 Å². The minimum atomic E-state index is -0.517. The van der Waals surface area contributed by atoms with Crippen molar-refractivity contribution in [3.63, 3.8) is 0 Å². The van der Waals surface area contributed by atoms with E-state index in [9.17, 15) is 4.79 Å². The standard InChI is InChI=1S/C14H22N2O/c1-10-7-5-6-8-12(10)11(2)16-9-14(3,4)13(15)17/h5-8,11,16H,9H2,1-4H3,(H2,15,17)/t11-/m0/s1. The van der Waals surface area contributed by atoms with Gasteiger partial charge in [-0.2, -0.15) is 0 Å². The Kier molecular flexibility index (Phi) is 4.29. The van der Waals surface area contributed by atoms with Gasteiger partial charge in [-0.05, 0) is 38.8 Å². The van der Waals surface area contributed by atoms with Crippen LogP contribution < -0.4 is 11.1 Å². The molecule has 0 bridgehead atoms. The molecule has 0 aliphatic rings. The summed E-state index contributed by atoms with van der Waals surface area (Å²) in [6.45, 7) is 8.48. The Morgan fingerprint density at radius 2 is 2.00 bits per heavy atom. The number of nitrogens with two attached hydrogens (primary N) is 1. The lowest BCUT2D eigenvalue weighted by Crippen LogP contribution is -2.41. The zero-order chi connectivity index (χ0) is 13.1. The van der Waals surface area contributed by atoms with Crippen LogP contribution >= 0.6 is 0 Å². The van der Waals surface area contributed by atoms with Gasteiger partial charge >= 0.3 is 0 Å². The van der Waals surface area contributed by atoms with E-state index in [2.05, 4.69) is 31.3 Å². The maximum atomic E-state index is 11.2. The van der Waals surface area contributed by atoms with Gasteiger partial charge in [-0.3, -0.25) is 4.79 Å². The third-order valence-electron chi connectivity index (χ3n) is 3.17. The molecule has 3 N–H and O–H groups in total. The fourth-order valence-electron chi connectivity index (χ4n) is 1.68. The van der Waals surface area contributed by atoms with E-state index in [1.54, 1.807) is 0 Å². The first kappa shape index (κ1) is 13.7. The molecule has 3 nitrogen and oxygen atoms in total. The number of amides is 1. The number of hydrogen-bond acceptors (Lipinski definition) is 2. The molecule has 1 rings (SSSR count). The normalized spacial score (nSPS) is 13.4. The summed E-state index contributed by atoms with van der Waals surface area (Å²) in [6, 6.07) is 8.46. The molecule has 1 amide bonds. The smallest absolute Gasteiger partial charge is 0.224 e. The number of carbonyl (C=O) groups excluding carboxylic acids is 1. The molecule has 0 aliphatic carbocycles. The third-order valence-corrected chi connectivity index (χ3v) is 3.17. The molecule has 0 spiro atoms. The fourth-order valence-corrected chi connectivity index (χ4v) is 1.68. The molecule has 0 heterocycles. The topological polar surface area (TPSA) is 55.1 Å². The van der Waals surface area contributed by atoms with E-state index in [-0.39, 0.29) is 11.9 Å². The highest BCUT2D eigenvalue weighted by Gasteiger charge is 2.25. The van der Waals surface area contributed by atoms with E-state index < -0.39 is 5.41 Å². The maximum absolute atomic E-state index is 11.2. The summed E-state index contributed by atoms with van der Waals surface area (Å²) in [5.41, 5.74) is 7.34.